The Bertz CT molecular complexity index is 544. The number of carbonyl (C=O) groups excluding carboxylic acids is 1. The quantitative estimate of drug-likeness (QED) is 0.700. The fraction of sp³-hybridized carbons (Fsp3) is 0.182. The van der Waals surface area contributed by atoms with Gasteiger partial charge in [0.2, 0.25) is 0 Å². The minimum absolute atomic E-state index is 0.176. The highest BCUT2D eigenvalue weighted by molar-refractivity contribution is 5.95. The number of carbonyl (C=O) groups is 1. The highest BCUT2D eigenvalue weighted by atomic mass is 19.1. The van der Waals surface area contributed by atoms with Gasteiger partial charge in [-0.25, -0.2) is 9.37 Å². The van der Waals surface area contributed by atoms with Crippen molar-refractivity contribution in [3.63, 3.8) is 0 Å². The summed E-state index contributed by atoms with van der Waals surface area (Å²) in [6.45, 7) is 1.75. The van der Waals surface area contributed by atoms with E-state index in [1.165, 1.54) is 12.4 Å². The summed E-state index contributed by atoms with van der Waals surface area (Å²) in [4.78, 5) is 15.6. The fourth-order valence-electron chi connectivity index (χ4n) is 1.41. The number of rotatable bonds is 3. The van der Waals surface area contributed by atoms with Crippen molar-refractivity contribution < 1.29 is 9.18 Å². The minimum Gasteiger partial charge on any atom is -0.398 e. The largest absolute Gasteiger partial charge is 0.398 e. The van der Waals surface area contributed by atoms with Crippen LogP contribution in [0, 0.1) is 12.7 Å². The monoisotopic (exact) mass is 249 g/mol. The summed E-state index contributed by atoms with van der Waals surface area (Å²) in [6.07, 6.45) is 1.34. The second-order valence-electron chi connectivity index (χ2n) is 3.79. The van der Waals surface area contributed by atoms with E-state index in [1.807, 2.05) is 0 Å². The van der Waals surface area contributed by atoms with Crippen molar-refractivity contribution in [2.24, 2.45) is 0 Å². The molecule has 1 aromatic heterocycles. The van der Waals surface area contributed by atoms with E-state index < -0.39 is 11.7 Å². The Hall–Kier alpha value is -2.44. The number of nitrogens with zero attached hydrogens (tertiary/aromatic N) is 2. The molecule has 1 aromatic carbocycles. The van der Waals surface area contributed by atoms with Crippen molar-refractivity contribution in [1.29, 1.82) is 0 Å². The zero-order valence-electron chi connectivity index (χ0n) is 9.70. The van der Waals surface area contributed by atoms with E-state index in [2.05, 4.69) is 20.5 Å². The van der Waals surface area contributed by atoms with Gasteiger partial charge >= 0.3 is 0 Å². The summed E-state index contributed by atoms with van der Waals surface area (Å²) >= 11 is 0. The molecule has 0 radical (unpaired) electrons. The van der Waals surface area contributed by atoms with E-state index in [0.29, 0.717) is 11.4 Å². The van der Waals surface area contributed by atoms with Crippen molar-refractivity contribution in [3.05, 3.63) is 41.2 Å². The lowest BCUT2D eigenvalue weighted by Gasteiger charge is -2.07. The van der Waals surface area contributed by atoms with E-state index >= 15 is 0 Å². The smallest absolute Gasteiger partial charge is 0.251 e. The molecule has 0 aliphatic rings. The third kappa shape index (κ3) is 2.45. The minimum atomic E-state index is -0.500. The number of anilines is 1. The molecule has 7 heteroatoms. The van der Waals surface area contributed by atoms with Gasteiger partial charge in [-0.3, -0.25) is 9.89 Å². The number of nitrogen functional groups attached to an aromatic ring is 1. The van der Waals surface area contributed by atoms with Crippen LogP contribution in [0.15, 0.2) is 18.5 Å². The van der Waals surface area contributed by atoms with Crippen LogP contribution in [0.4, 0.5) is 10.1 Å². The fourth-order valence-corrected chi connectivity index (χ4v) is 1.41. The van der Waals surface area contributed by atoms with Gasteiger partial charge in [-0.2, -0.15) is 5.10 Å². The molecule has 2 aromatic rings. The van der Waals surface area contributed by atoms with Crippen molar-refractivity contribution in [2.75, 3.05) is 5.73 Å². The summed E-state index contributed by atoms with van der Waals surface area (Å²) < 4.78 is 13.4. The number of halogens is 1. The van der Waals surface area contributed by atoms with Crippen LogP contribution >= 0.6 is 0 Å². The standard InChI is InChI=1S/C11H12FN5O/c1-6-8(12)2-7(3-9(6)13)11(18)14-4-10-15-5-16-17-10/h2-3,5H,4,13H2,1H3,(H,14,18)(H,15,16,17). The van der Waals surface area contributed by atoms with Crippen LogP contribution in [-0.2, 0) is 6.54 Å². The first-order chi connectivity index (χ1) is 8.58. The molecular weight excluding hydrogens is 237 g/mol. The maximum atomic E-state index is 13.4. The molecule has 0 bridgehead atoms. The van der Waals surface area contributed by atoms with Gasteiger partial charge < -0.3 is 11.1 Å². The molecule has 1 amide bonds. The van der Waals surface area contributed by atoms with Crippen LogP contribution in [0.2, 0.25) is 0 Å². The molecule has 0 atom stereocenters. The van der Waals surface area contributed by atoms with Crippen molar-refractivity contribution in [3.8, 4) is 0 Å². The number of nitrogens with two attached hydrogens (primary N) is 1. The number of hydrogen-bond donors (Lipinski definition) is 3. The second-order valence-corrected chi connectivity index (χ2v) is 3.79. The molecule has 0 aliphatic heterocycles. The predicted molar refractivity (Wildman–Crippen MR) is 63.1 cm³/mol. The first-order valence-corrected chi connectivity index (χ1v) is 5.26. The summed E-state index contributed by atoms with van der Waals surface area (Å²) in [5.74, 6) is -0.402. The topological polar surface area (TPSA) is 96.7 Å². The average molecular weight is 249 g/mol. The molecule has 0 fully saturated rings. The third-order valence-corrected chi connectivity index (χ3v) is 2.53. The van der Waals surface area contributed by atoms with E-state index in [-0.39, 0.29) is 17.8 Å². The number of amides is 1. The number of aromatic amines is 1. The van der Waals surface area contributed by atoms with Gasteiger partial charge in [0.15, 0.2) is 0 Å². The predicted octanol–water partition coefficient (Wildman–Crippen LogP) is 0.764. The highest BCUT2D eigenvalue weighted by Gasteiger charge is 2.11. The zero-order chi connectivity index (χ0) is 13.1. The summed E-state index contributed by atoms with van der Waals surface area (Å²) in [6, 6.07) is 2.59. The highest BCUT2D eigenvalue weighted by Crippen LogP contribution is 2.17. The number of benzene rings is 1. The molecule has 0 unspecified atom stereocenters. The molecule has 6 nitrogen and oxygen atoms in total. The normalized spacial score (nSPS) is 10.3. The Morgan fingerprint density at radius 2 is 2.33 bits per heavy atom. The van der Waals surface area contributed by atoms with Gasteiger partial charge in [0, 0.05) is 16.8 Å². The van der Waals surface area contributed by atoms with Gasteiger partial charge in [0.1, 0.15) is 18.0 Å². The van der Waals surface area contributed by atoms with Crippen molar-refractivity contribution >= 4 is 11.6 Å². The van der Waals surface area contributed by atoms with Gasteiger partial charge in [-0.1, -0.05) is 0 Å². The summed E-state index contributed by atoms with van der Waals surface area (Å²) in [5.41, 5.74) is 6.36. The second kappa shape index (κ2) is 4.82. The van der Waals surface area contributed by atoms with E-state index in [9.17, 15) is 9.18 Å². The Morgan fingerprint density at radius 1 is 1.56 bits per heavy atom. The Kier molecular flexibility index (Phi) is 3.22. The van der Waals surface area contributed by atoms with Crippen LogP contribution < -0.4 is 11.1 Å². The van der Waals surface area contributed by atoms with Gasteiger partial charge in [0.25, 0.3) is 5.91 Å². The Morgan fingerprint density at radius 3 is 2.94 bits per heavy atom. The number of H-pyrrole nitrogens is 1. The Balaban J connectivity index is 2.09. The van der Waals surface area contributed by atoms with E-state index in [4.69, 9.17) is 5.73 Å². The molecule has 18 heavy (non-hydrogen) atoms. The summed E-state index contributed by atoms with van der Waals surface area (Å²) in [5, 5.41) is 8.83. The van der Waals surface area contributed by atoms with Gasteiger partial charge in [-0.15, -0.1) is 0 Å². The molecule has 4 N–H and O–H groups in total. The molecule has 0 saturated carbocycles. The van der Waals surface area contributed by atoms with Crippen LogP contribution in [-0.4, -0.2) is 21.1 Å². The van der Waals surface area contributed by atoms with Crippen LogP contribution in [0.25, 0.3) is 0 Å². The van der Waals surface area contributed by atoms with Gasteiger partial charge in [-0.05, 0) is 19.1 Å². The van der Waals surface area contributed by atoms with Crippen LogP contribution in [0.1, 0.15) is 21.7 Å². The number of hydrogen-bond acceptors (Lipinski definition) is 4. The SMILES string of the molecule is Cc1c(N)cc(C(=O)NCc2ncn[nH]2)cc1F. The maximum absolute atomic E-state index is 13.4. The summed E-state index contributed by atoms with van der Waals surface area (Å²) in [7, 11) is 0. The number of aromatic nitrogens is 3. The van der Waals surface area contributed by atoms with Crippen LogP contribution in [0.5, 0.6) is 0 Å². The lowest BCUT2D eigenvalue weighted by Crippen LogP contribution is -2.23. The average Bonchev–Trinajstić information content (AvgIpc) is 2.85. The van der Waals surface area contributed by atoms with Gasteiger partial charge in [0.05, 0.1) is 6.54 Å². The molecular formula is C11H12FN5O. The third-order valence-electron chi connectivity index (χ3n) is 2.53. The van der Waals surface area contributed by atoms with E-state index in [0.717, 1.165) is 6.07 Å². The maximum Gasteiger partial charge on any atom is 0.251 e. The first-order valence-electron chi connectivity index (χ1n) is 5.26. The Labute approximate surface area is 102 Å². The van der Waals surface area contributed by atoms with Crippen molar-refractivity contribution in [2.45, 2.75) is 13.5 Å². The van der Waals surface area contributed by atoms with Crippen LogP contribution in [0.3, 0.4) is 0 Å². The lowest BCUT2D eigenvalue weighted by molar-refractivity contribution is 0.0949. The van der Waals surface area contributed by atoms with E-state index in [1.54, 1.807) is 6.92 Å². The lowest BCUT2D eigenvalue weighted by atomic mass is 10.1. The molecule has 0 saturated heterocycles. The molecule has 0 spiro atoms. The number of nitrogens with one attached hydrogen (secondary N) is 2. The zero-order valence-corrected chi connectivity index (χ0v) is 9.70. The first kappa shape index (κ1) is 12.0. The molecule has 1 heterocycles. The molecule has 94 valence electrons. The molecule has 0 aliphatic carbocycles. The molecule has 2 rings (SSSR count). The van der Waals surface area contributed by atoms with Crippen molar-refractivity contribution in [1.82, 2.24) is 20.5 Å².